The second-order valence-corrected chi connectivity index (χ2v) is 11.5. The summed E-state index contributed by atoms with van der Waals surface area (Å²) < 4.78 is 11.8. The van der Waals surface area contributed by atoms with E-state index in [0.717, 1.165) is 11.1 Å². The normalized spacial score (nSPS) is 28.2. The van der Waals surface area contributed by atoms with Crippen LogP contribution >= 0.6 is 0 Å². The minimum absolute atomic E-state index is 0.0379. The van der Waals surface area contributed by atoms with Gasteiger partial charge in [-0.05, 0) is 38.8 Å². The van der Waals surface area contributed by atoms with E-state index in [1.54, 1.807) is 27.7 Å². The van der Waals surface area contributed by atoms with E-state index in [1.807, 2.05) is 60.7 Å². The molecule has 5 rings (SSSR count). The third kappa shape index (κ3) is 5.33. The molecule has 3 fully saturated rings. The number of hydrogen-bond donors (Lipinski definition) is 2. The zero-order chi connectivity index (χ0) is 28.7. The van der Waals surface area contributed by atoms with Crippen molar-refractivity contribution in [2.24, 2.45) is 0 Å². The minimum atomic E-state index is -1.10. The molecule has 3 saturated heterocycles. The second kappa shape index (κ2) is 10.7. The van der Waals surface area contributed by atoms with Crippen LogP contribution in [0, 0.1) is 0 Å². The molecule has 2 aromatic rings. The molecule has 3 heterocycles. The number of hydrogen-bond acceptors (Lipinski definition) is 6. The average molecular weight is 549 g/mol. The molecule has 0 radical (unpaired) electrons. The molecule has 3 aliphatic heterocycles. The predicted octanol–water partition coefficient (Wildman–Crippen LogP) is 1.38. The number of carbonyl (C=O) groups is 4. The summed E-state index contributed by atoms with van der Waals surface area (Å²) in [4.78, 5) is 58.7. The largest absolute Gasteiger partial charge is 0.353 e. The molecule has 0 bridgehead atoms. The number of ether oxygens (including phenoxy) is 2. The number of benzene rings is 2. The van der Waals surface area contributed by atoms with Gasteiger partial charge in [0.05, 0.1) is 13.2 Å². The Balaban J connectivity index is 1.57. The third-order valence-corrected chi connectivity index (χ3v) is 7.85. The Morgan fingerprint density at radius 1 is 0.650 bits per heavy atom. The van der Waals surface area contributed by atoms with Gasteiger partial charge >= 0.3 is 0 Å². The Labute approximate surface area is 234 Å². The van der Waals surface area contributed by atoms with E-state index in [2.05, 4.69) is 10.6 Å². The molecule has 40 heavy (non-hydrogen) atoms. The van der Waals surface area contributed by atoms with Crippen molar-refractivity contribution in [2.45, 2.75) is 76.2 Å². The summed E-state index contributed by atoms with van der Waals surface area (Å²) in [5.74, 6) is -1.85. The van der Waals surface area contributed by atoms with Crippen LogP contribution < -0.4 is 10.6 Å². The smallest absolute Gasteiger partial charge is 0.248 e. The molecule has 10 nitrogen and oxygen atoms in total. The molecule has 3 aliphatic rings. The van der Waals surface area contributed by atoms with Crippen LogP contribution in [0.15, 0.2) is 60.7 Å². The van der Waals surface area contributed by atoms with E-state index < -0.39 is 59.2 Å². The first-order valence-corrected chi connectivity index (χ1v) is 13.6. The lowest BCUT2D eigenvalue weighted by atomic mass is 9.99. The highest BCUT2D eigenvalue weighted by Crippen LogP contribution is 2.32. The van der Waals surface area contributed by atoms with Crippen molar-refractivity contribution in [1.29, 1.82) is 0 Å². The Bertz CT molecular complexity index is 1180. The third-order valence-electron chi connectivity index (χ3n) is 7.85. The van der Waals surface area contributed by atoms with Crippen LogP contribution in [-0.4, -0.2) is 82.3 Å². The Kier molecular flexibility index (Phi) is 7.41. The summed E-state index contributed by atoms with van der Waals surface area (Å²) in [6, 6.07) is 14.7. The van der Waals surface area contributed by atoms with Gasteiger partial charge < -0.3 is 20.1 Å². The molecule has 0 aliphatic carbocycles. The lowest BCUT2D eigenvalue weighted by molar-refractivity contribution is -0.157. The van der Waals surface area contributed by atoms with Gasteiger partial charge in [0.15, 0.2) is 0 Å². The fourth-order valence-electron chi connectivity index (χ4n) is 5.80. The standard InChI is InChI=1S/C30H36N4O6/c1-29(2)33-23(17-39-29)25(35)32-22(16-20-13-9-6-10-14-20)28(38)34-24(18-40-30(34,3)4)26(36)31-21(27(33)37)15-19-11-7-5-8-12-19/h5-14,21-24H,15-18H2,1-4H3,(H,31,36)(H,32,35)/t21-,22-,23-,24-/m0/s1. The van der Waals surface area contributed by atoms with Gasteiger partial charge in [-0.1, -0.05) is 60.7 Å². The highest BCUT2D eigenvalue weighted by molar-refractivity contribution is 5.98. The van der Waals surface area contributed by atoms with Crippen molar-refractivity contribution in [3.8, 4) is 0 Å². The summed E-state index contributed by atoms with van der Waals surface area (Å²) in [6.45, 7) is 6.79. The monoisotopic (exact) mass is 548 g/mol. The zero-order valence-electron chi connectivity index (χ0n) is 23.3. The molecule has 2 aromatic carbocycles. The van der Waals surface area contributed by atoms with E-state index in [-0.39, 0.29) is 26.1 Å². The maximum absolute atomic E-state index is 14.1. The summed E-state index contributed by atoms with van der Waals surface area (Å²) in [7, 11) is 0. The number of carbonyl (C=O) groups excluding carboxylic acids is 4. The van der Waals surface area contributed by atoms with Crippen molar-refractivity contribution in [1.82, 2.24) is 20.4 Å². The quantitative estimate of drug-likeness (QED) is 0.597. The number of amides is 4. The van der Waals surface area contributed by atoms with Crippen LogP contribution in [0.4, 0.5) is 0 Å². The van der Waals surface area contributed by atoms with E-state index in [4.69, 9.17) is 9.47 Å². The molecule has 212 valence electrons. The van der Waals surface area contributed by atoms with Crippen molar-refractivity contribution < 1.29 is 28.7 Å². The van der Waals surface area contributed by atoms with E-state index in [9.17, 15) is 19.2 Å². The van der Waals surface area contributed by atoms with Crippen LogP contribution in [0.25, 0.3) is 0 Å². The van der Waals surface area contributed by atoms with Gasteiger partial charge in [-0.2, -0.15) is 0 Å². The molecule has 4 amide bonds. The summed E-state index contributed by atoms with van der Waals surface area (Å²) in [6.07, 6.45) is 0.405. The fraction of sp³-hybridized carbons (Fsp3) is 0.467. The average Bonchev–Trinajstić information content (AvgIpc) is 3.42. The number of rotatable bonds is 4. The Morgan fingerprint density at radius 2 is 1.00 bits per heavy atom. The highest BCUT2D eigenvalue weighted by Gasteiger charge is 2.53. The van der Waals surface area contributed by atoms with Gasteiger partial charge in [-0.15, -0.1) is 0 Å². The minimum Gasteiger partial charge on any atom is -0.353 e. The van der Waals surface area contributed by atoms with E-state index in [1.165, 1.54) is 9.80 Å². The van der Waals surface area contributed by atoms with Crippen molar-refractivity contribution >= 4 is 23.6 Å². The van der Waals surface area contributed by atoms with E-state index in [0.29, 0.717) is 0 Å². The van der Waals surface area contributed by atoms with Crippen molar-refractivity contribution in [2.75, 3.05) is 13.2 Å². The summed E-state index contributed by atoms with van der Waals surface area (Å²) in [5.41, 5.74) is -0.532. The Morgan fingerprint density at radius 3 is 1.35 bits per heavy atom. The predicted molar refractivity (Wildman–Crippen MR) is 145 cm³/mol. The van der Waals surface area contributed by atoms with Crippen LogP contribution in [0.3, 0.4) is 0 Å². The van der Waals surface area contributed by atoms with Crippen LogP contribution in [0.1, 0.15) is 38.8 Å². The molecule has 0 aromatic heterocycles. The number of fused-ring (bicyclic) bond motifs is 2. The molecular weight excluding hydrogens is 512 g/mol. The molecule has 0 unspecified atom stereocenters. The van der Waals surface area contributed by atoms with E-state index >= 15 is 0 Å². The topological polar surface area (TPSA) is 117 Å². The number of nitrogens with zero attached hydrogens (tertiary/aromatic N) is 2. The van der Waals surface area contributed by atoms with Gasteiger partial charge in [0.1, 0.15) is 35.6 Å². The van der Waals surface area contributed by atoms with Gasteiger partial charge in [0, 0.05) is 12.8 Å². The first-order valence-electron chi connectivity index (χ1n) is 13.6. The molecular formula is C30H36N4O6. The Hall–Kier alpha value is -3.76. The van der Waals surface area contributed by atoms with Gasteiger partial charge in [-0.3, -0.25) is 29.0 Å². The molecule has 10 heteroatoms. The van der Waals surface area contributed by atoms with Gasteiger partial charge in [-0.25, -0.2) is 0 Å². The molecule has 4 atom stereocenters. The lowest BCUT2D eigenvalue weighted by Gasteiger charge is -2.39. The van der Waals surface area contributed by atoms with Gasteiger partial charge in [0.2, 0.25) is 23.6 Å². The second-order valence-electron chi connectivity index (χ2n) is 11.5. The maximum atomic E-state index is 14.1. The first kappa shape index (κ1) is 27.8. The maximum Gasteiger partial charge on any atom is 0.248 e. The van der Waals surface area contributed by atoms with Crippen molar-refractivity contribution in [3.63, 3.8) is 0 Å². The molecule has 0 saturated carbocycles. The highest BCUT2D eigenvalue weighted by atomic mass is 16.5. The lowest BCUT2D eigenvalue weighted by Crippen LogP contribution is -2.65. The van der Waals surface area contributed by atoms with Crippen LogP contribution in [0.5, 0.6) is 0 Å². The number of nitrogens with one attached hydrogen (secondary N) is 2. The SMILES string of the molecule is CC1(C)OC[C@H]2C(=O)N[C@@H](Cc3ccccc3)C(=O)N3[C@@H](COC3(C)C)C(=O)N[C@@H](Cc3ccccc3)C(=O)N21. The van der Waals surface area contributed by atoms with Crippen LogP contribution in [0.2, 0.25) is 0 Å². The first-order chi connectivity index (χ1) is 19.0. The molecule has 0 spiro atoms. The summed E-state index contributed by atoms with van der Waals surface area (Å²) in [5, 5.41) is 5.80. The van der Waals surface area contributed by atoms with Gasteiger partial charge in [0.25, 0.3) is 0 Å². The van der Waals surface area contributed by atoms with Crippen molar-refractivity contribution in [3.05, 3.63) is 71.8 Å². The van der Waals surface area contributed by atoms with Crippen LogP contribution in [-0.2, 0) is 41.5 Å². The zero-order valence-corrected chi connectivity index (χ0v) is 23.3. The molecule has 2 N–H and O–H groups in total. The summed E-state index contributed by atoms with van der Waals surface area (Å²) >= 11 is 0. The fourth-order valence-corrected chi connectivity index (χ4v) is 5.80.